The molecule has 9 heteroatoms. The molecule has 0 aromatic heterocycles. The first-order valence-corrected chi connectivity index (χ1v) is 24.6. The molecule has 0 heterocycles. The Labute approximate surface area is 418 Å². The number of hydrogen-bond donors (Lipinski definition) is 4. The first kappa shape index (κ1) is 60.9. The van der Waals surface area contributed by atoms with E-state index in [1.165, 1.54) is 76.7 Å². The highest BCUT2D eigenvalue weighted by atomic mass is 79.9. The van der Waals surface area contributed by atoms with Gasteiger partial charge in [-0.05, 0) is 135 Å². The molecule has 346 valence electrons. The fraction of sp³-hybridized carbons (Fsp3) is 0.250. The van der Waals surface area contributed by atoms with Crippen molar-refractivity contribution in [3.63, 3.8) is 0 Å². The van der Waals surface area contributed by atoms with Gasteiger partial charge in [0, 0.05) is 13.4 Å². The Bertz CT molecular complexity index is 2170. The predicted molar refractivity (Wildman–Crippen MR) is 298 cm³/mol. The predicted octanol–water partition coefficient (Wildman–Crippen LogP) is 15.0. The van der Waals surface area contributed by atoms with Crippen LogP contribution in [0.3, 0.4) is 0 Å². The number of aryl methyl sites for hydroxylation is 8. The number of rotatable bonds is 4. The van der Waals surface area contributed by atoms with Gasteiger partial charge in [-0.1, -0.05) is 239 Å². The molecule has 0 radical (unpaired) electrons. The summed E-state index contributed by atoms with van der Waals surface area (Å²) in [5, 5.41) is 36.0. The molecule has 0 atom stereocenters. The fourth-order valence-electron chi connectivity index (χ4n) is 5.89. The maximum absolute atomic E-state index is 8.99. The number of hydrogen-bond acceptors (Lipinski definition) is 4. The van der Waals surface area contributed by atoms with Crippen LogP contribution in [0.4, 0.5) is 0 Å². The molecule has 4 nitrogen and oxygen atoms in total. The molecule has 65 heavy (non-hydrogen) atoms. The van der Waals surface area contributed by atoms with Crippen molar-refractivity contribution in [1.29, 1.82) is 0 Å². The standard InChI is InChI=1S/C20H18.C8H12B2O4.C8H8Br2.C8H10.C6H5Br.3C2H6/c1-15-13-20(18-11-7-4-8-12-18)16(2)14-19(15)17-9-5-3-6-10-17;1-5-3-8(10(13)14)6(2)4-7(5)9(11)12;1-5-3-8(10)6(2)4-7(5)9;1-7-3-5-8(2)6-4-7;7-6-4-2-1-3-5-6;3*1-2/h3-14H,1-2H3;3-4,11-14H,1-2H3;3-4H,1-2H3;3-6H,1-2H3;1-5H;3*1-2H3. The lowest BCUT2D eigenvalue weighted by molar-refractivity contribution is 0.423. The highest BCUT2D eigenvalue weighted by Crippen LogP contribution is 2.31. The summed E-state index contributed by atoms with van der Waals surface area (Å²) in [6.07, 6.45) is 0. The van der Waals surface area contributed by atoms with E-state index in [1.54, 1.807) is 13.8 Å². The second-order valence-corrected chi connectivity index (χ2v) is 17.0. The van der Waals surface area contributed by atoms with Crippen LogP contribution in [-0.2, 0) is 0 Å². The van der Waals surface area contributed by atoms with E-state index in [-0.39, 0.29) is 0 Å². The smallest absolute Gasteiger partial charge is 0.423 e. The van der Waals surface area contributed by atoms with Gasteiger partial charge in [-0.15, -0.1) is 0 Å². The van der Waals surface area contributed by atoms with Gasteiger partial charge in [-0.3, -0.25) is 0 Å². The molecule has 0 fully saturated rings. The van der Waals surface area contributed by atoms with Crippen LogP contribution >= 0.6 is 47.8 Å². The first-order chi connectivity index (χ1) is 31.0. The lowest BCUT2D eigenvalue weighted by atomic mass is 9.70. The Hall–Kier alpha value is -4.05. The largest absolute Gasteiger partial charge is 0.488 e. The summed E-state index contributed by atoms with van der Waals surface area (Å²) in [7, 11) is -3.06. The Morgan fingerprint density at radius 1 is 0.323 bits per heavy atom. The van der Waals surface area contributed by atoms with Crippen molar-refractivity contribution in [2.75, 3.05) is 0 Å². The molecular formula is C56H71B2Br3O4. The molecule has 0 saturated heterocycles. The minimum absolute atomic E-state index is 0.381. The monoisotopic (exact) mass is 1070 g/mol. The molecule has 0 saturated carbocycles. The minimum Gasteiger partial charge on any atom is -0.423 e. The van der Waals surface area contributed by atoms with Crippen LogP contribution in [0.2, 0.25) is 0 Å². The Kier molecular flexibility index (Phi) is 32.2. The van der Waals surface area contributed by atoms with Crippen LogP contribution in [0, 0.1) is 55.4 Å². The van der Waals surface area contributed by atoms with Gasteiger partial charge in [0.25, 0.3) is 0 Å². The summed E-state index contributed by atoms with van der Waals surface area (Å²) in [5.41, 5.74) is 15.0. The van der Waals surface area contributed by atoms with E-state index < -0.39 is 14.2 Å². The third kappa shape index (κ3) is 22.8. The molecule has 0 aliphatic heterocycles. The van der Waals surface area contributed by atoms with E-state index in [9.17, 15) is 0 Å². The van der Waals surface area contributed by atoms with Crippen molar-refractivity contribution in [1.82, 2.24) is 0 Å². The third-order valence-electron chi connectivity index (χ3n) is 9.34. The number of halogens is 3. The van der Waals surface area contributed by atoms with Gasteiger partial charge in [0.05, 0.1) is 0 Å². The van der Waals surface area contributed by atoms with Gasteiger partial charge in [-0.25, -0.2) is 0 Å². The average Bonchev–Trinajstić information content (AvgIpc) is 3.31. The topological polar surface area (TPSA) is 80.9 Å². The minimum atomic E-state index is -1.53. The molecule has 4 N–H and O–H groups in total. The van der Waals surface area contributed by atoms with Crippen molar-refractivity contribution >= 4 is 73.0 Å². The molecule has 7 rings (SSSR count). The van der Waals surface area contributed by atoms with E-state index in [0.29, 0.717) is 22.1 Å². The van der Waals surface area contributed by atoms with Gasteiger partial charge in [0.2, 0.25) is 0 Å². The van der Waals surface area contributed by atoms with Crippen molar-refractivity contribution < 1.29 is 20.1 Å². The van der Waals surface area contributed by atoms with Crippen LogP contribution < -0.4 is 10.9 Å². The molecule has 0 amide bonds. The van der Waals surface area contributed by atoms with Crippen LogP contribution in [-0.4, -0.2) is 34.3 Å². The van der Waals surface area contributed by atoms with E-state index in [1.807, 2.05) is 71.9 Å². The van der Waals surface area contributed by atoms with Crippen molar-refractivity contribution in [3.05, 3.63) is 210 Å². The molecular weight excluding hydrogens is 998 g/mol. The fourth-order valence-corrected chi connectivity index (χ4v) is 7.11. The van der Waals surface area contributed by atoms with Gasteiger partial charge >= 0.3 is 14.2 Å². The quantitative estimate of drug-likeness (QED) is 0.132. The summed E-state index contributed by atoms with van der Waals surface area (Å²) in [4.78, 5) is 0. The van der Waals surface area contributed by atoms with Crippen LogP contribution in [0.15, 0.2) is 165 Å². The first-order valence-electron chi connectivity index (χ1n) is 22.2. The lowest BCUT2D eigenvalue weighted by Gasteiger charge is -2.13. The van der Waals surface area contributed by atoms with Crippen molar-refractivity contribution in [2.45, 2.75) is 96.9 Å². The summed E-state index contributed by atoms with van der Waals surface area (Å²) >= 11 is 10.2. The van der Waals surface area contributed by atoms with Gasteiger partial charge in [0.1, 0.15) is 0 Å². The van der Waals surface area contributed by atoms with Crippen LogP contribution in [0.1, 0.15) is 86.1 Å². The second kappa shape index (κ2) is 34.3. The molecule has 0 unspecified atom stereocenters. The highest BCUT2D eigenvalue weighted by molar-refractivity contribution is 9.11. The maximum Gasteiger partial charge on any atom is 0.488 e. The van der Waals surface area contributed by atoms with Gasteiger partial charge in [-0.2, -0.15) is 0 Å². The zero-order valence-electron chi connectivity index (χ0n) is 41.0. The van der Waals surface area contributed by atoms with Crippen molar-refractivity contribution in [2.24, 2.45) is 0 Å². The normalized spacial score (nSPS) is 9.31. The maximum atomic E-state index is 8.99. The number of benzene rings is 7. The lowest BCUT2D eigenvalue weighted by Crippen LogP contribution is -2.38. The second-order valence-electron chi connectivity index (χ2n) is 14.3. The molecule has 0 spiro atoms. The summed E-state index contributed by atoms with van der Waals surface area (Å²) in [5.74, 6) is 0. The summed E-state index contributed by atoms with van der Waals surface area (Å²) in [6.45, 7) is 28.1. The molecule has 0 aliphatic rings. The molecule has 7 aromatic carbocycles. The van der Waals surface area contributed by atoms with Gasteiger partial charge in [0.15, 0.2) is 0 Å². The van der Waals surface area contributed by atoms with Crippen LogP contribution in [0.5, 0.6) is 0 Å². The molecule has 0 bridgehead atoms. The summed E-state index contributed by atoms with van der Waals surface area (Å²) in [6, 6.07) is 51.5. The third-order valence-corrected chi connectivity index (χ3v) is 11.6. The average molecular weight is 1070 g/mol. The molecule has 0 aliphatic carbocycles. The SMILES string of the molecule is Brc1ccccc1.CC.CC.CC.Cc1cc(-c2ccccc2)c(C)cc1-c1ccccc1.Cc1cc(B(O)O)c(C)cc1B(O)O.Cc1cc(Br)c(C)cc1Br.Cc1ccc(C)cc1. The molecule has 7 aromatic rings. The Balaban J connectivity index is 0.000000802. The van der Waals surface area contributed by atoms with E-state index >= 15 is 0 Å². The summed E-state index contributed by atoms with van der Waals surface area (Å²) < 4.78 is 3.48. The Morgan fingerprint density at radius 3 is 0.846 bits per heavy atom. The zero-order valence-corrected chi connectivity index (χ0v) is 45.8. The van der Waals surface area contributed by atoms with E-state index in [0.717, 1.165) is 4.47 Å². The van der Waals surface area contributed by atoms with E-state index in [2.05, 4.69) is 199 Å². The van der Waals surface area contributed by atoms with Gasteiger partial charge < -0.3 is 20.1 Å². The van der Waals surface area contributed by atoms with Crippen LogP contribution in [0.25, 0.3) is 22.3 Å². The van der Waals surface area contributed by atoms with Crippen molar-refractivity contribution in [3.8, 4) is 22.3 Å². The van der Waals surface area contributed by atoms with E-state index in [4.69, 9.17) is 20.1 Å². The Morgan fingerprint density at radius 2 is 0.600 bits per heavy atom. The zero-order chi connectivity index (χ0) is 49.6. The highest BCUT2D eigenvalue weighted by Gasteiger charge is 2.20.